The van der Waals surface area contributed by atoms with E-state index in [0.29, 0.717) is 0 Å². The predicted molar refractivity (Wildman–Crippen MR) is 87.3 cm³/mol. The van der Waals surface area contributed by atoms with E-state index in [0.717, 1.165) is 60.8 Å². The van der Waals surface area contributed by atoms with Crippen LogP contribution in [0.25, 0.3) is 10.2 Å². The fraction of sp³-hybridized carbons (Fsp3) is 0.533. The van der Waals surface area contributed by atoms with Crippen LogP contribution >= 0.6 is 23.1 Å². The Morgan fingerprint density at radius 1 is 1.38 bits per heavy atom. The van der Waals surface area contributed by atoms with Crippen molar-refractivity contribution in [3.05, 3.63) is 23.2 Å². The lowest BCUT2D eigenvalue weighted by atomic mass is 9.97. The number of ether oxygens (including phenoxy) is 1. The van der Waals surface area contributed by atoms with Crippen molar-refractivity contribution >= 4 is 39.2 Å². The molecule has 0 bridgehead atoms. The Balaban J connectivity index is 1.54. The average Bonchev–Trinajstić information content (AvgIpc) is 3.08. The van der Waals surface area contributed by atoms with E-state index < -0.39 is 0 Å². The van der Waals surface area contributed by atoms with Gasteiger partial charge in [-0.2, -0.15) is 11.8 Å². The summed E-state index contributed by atoms with van der Waals surface area (Å²) >= 11 is 3.70. The van der Waals surface area contributed by atoms with Crippen molar-refractivity contribution < 1.29 is 9.53 Å². The van der Waals surface area contributed by atoms with E-state index in [2.05, 4.69) is 4.98 Å². The minimum absolute atomic E-state index is 0.143. The second kappa shape index (κ2) is 5.34. The van der Waals surface area contributed by atoms with E-state index >= 15 is 0 Å². The number of fused-ring (bicyclic) bond motifs is 1. The Labute approximate surface area is 131 Å². The average molecular weight is 322 g/mol. The number of nitrogens with one attached hydrogen (secondary N) is 1. The minimum atomic E-state index is 0.143. The molecule has 21 heavy (non-hydrogen) atoms. The van der Waals surface area contributed by atoms with E-state index in [1.54, 1.807) is 11.3 Å². The molecule has 2 aliphatic rings. The maximum Gasteiger partial charge on any atom is 0.270 e. The second-order valence-electron chi connectivity index (χ2n) is 5.75. The molecule has 4 heterocycles. The lowest BCUT2D eigenvalue weighted by Crippen LogP contribution is -2.51. The molecule has 1 N–H and O–H groups in total. The fourth-order valence-corrected chi connectivity index (χ4v) is 5.43. The van der Waals surface area contributed by atoms with Gasteiger partial charge in [0.05, 0.1) is 10.2 Å². The van der Waals surface area contributed by atoms with Crippen molar-refractivity contribution in [3.8, 4) is 0 Å². The number of thioether (sulfide) groups is 1. The summed E-state index contributed by atoms with van der Waals surface area (Å²) in [6.07, 6.45) is 2.11. The number of aromatic amines is 1. The Kier molecular flexibility index (Phi) is 3.47. The van der Waals surface area contributed by atoms with E-state index in [4.69, 9.17) is 4.74 Å². The smallest absolute Gasteiger partial charge is 0.270 e. The summed E-state index contributed by atoms with van der Waals surface area (Å²) in [6.45, 7) is 3.35. The SMILES string of the molecule is O=C(c1cc2sccc2[nH]1)N1CCSC2(CCOCC2)C1. The standard InChI is InChI=1S/C15H18N2O2S2/c18-14(12-9-13-11(16-12)1-7-20-13)17-4-8-21-15(10-17)2-5-19-6-3-15/h1,7,9,16H,2-6,8,10H2. The number of nitrogens with zero attached hydrogens (tertiary/aromatic N) is 1. The molecule has 2 aliphatic heterocycles. The maximum atomic E-state index is 12.8. The topological polar surface area (TPSA) is 45.3 Å². The largest absolute Gasteiger partial charge is 0.381 e. The number of hydrogen-bond acceptors (Lipinski definition) is 4. The lowest BCUT2D eigenvalue weighted by Gasteiger charge is -2.44. The first-order valence-electron chi connectivity index (χ1n) is 7.33. The van der Waals surface area contributed by atoms with Gasteiger partial charge in [-0.1, -0.05) is 0 Å². The Hall–Kier alpha value is -0.980. The highest BCUT2D eigenvalue weighted by Gasteiger charge is 2.39. The van der Waals surface area contributed by atoms with E-state index in [-0.39, 0.29) is 10.7 Å². The summed E-state index contributed by atoms with van der Waals surface area (Å²) in [5.41, 5.74) is 1.79. The number of thiophene rings is 1. The lowest BCUT2D eigenvalue weighted by molar-refractivity contribution is 0.0533. The number of rotatable bonds is 1. The molecule has 0 atom stereocenters. The second-order valence-corrected chi connectivity index (χ2v) is 8.26. The summed E-state index contributed by atoms with van der Waals surface area (Å²) in [6, 6.07) is 4.02. The molecule has 2 saturated heterocycles. The molecule has 0 radical (unpaired) electrons. The normalized spacial score (nSPS) is 22.0. The van der Waals surface area contributed by atoms with Crippen LogP contribution in [0.2, 0.25) is 0 Å². The summed E-state index contributed by atoms with van der Waals surface area (Å²) in [5, 5.41) is 2.05. The number of carbonyl (C=O) groups excluding carboxylic acids is 1. The summed E-state index contributed by atoms with van der Waals surface area (Å²) < 4.78 is 6.86. The quantitative estimate of drug-likeness (QED) is 0.878. The Morgan fingerprint density at radius 3 is 3.05 bits per heavy atom. The zero-order valence-electron chi connectivity index (χ0n) is 11.8. The number of aromatic nitrogens is 1. The molecule has 0 aromatic carbocycles. The van der Waals surface area contributed by atoms with Crippen LogP contribution in [0.15, 0.2) is 17.5 Å². The van der Waals surface area contributed by atoms with Gasteiger partial charge in [0.15, 0.2) is 0 Å². The van der Waals surface area contributed by atoms with Gasteiger partial charge in [0, 0.05) is 36.8 Å². The van der Waals surface area contributed by atoms with Crippen molar-refractivity contribution in [2.75, 3.05) is 32.1 Å². The summed E-state index contributed by atoms with van der Waals surface area (Å²) in [7, 11) is 0. The molecular formula is C15H18N2O2S2. The zero-order chi connectivity index (χ0) is 14.3. The molecule has 0 aliphatic carbocycles. The van der Waals surface area contributed by atoms with Crippen LogP contribution in [0, 0.1) is 0 Å². The van der Waals surface area contributed by atoms with E-state index in [9.17, 15) is 4.79 Å². The van der Waals surface area contributed by atoms with Gasteiger partial charge in [-0.15, -0.1) is 11.3 Å². The van der Waals surface area contributed by atoms with Crippen LogP contribution in [0.4, 0.5) is 0 Å². The van der Waals surface area contributed by atoms with Gasteiger partial charge in [0.2, 0.25) is 0 Å². The molecule has 2 fully saturated rings. The van der Waals surface area contributed by atoms with Gasteiger partial charge < -0.3 is 14.6 Å². The molecule has 2 aromatic heterocycles. The Bertz CT molecular complexity index is 623. The molecular weight excluding hydrogens is 304 g/mol. The molecule has 0 unspecified atom stereocenters. The van der Waals surface area contributed by atoms with Crippen LogP contribution in [0.3, 0.4) is 0 Å². The highest BCUT2D eigenvalue weighted by atomic mass is 32.2. The molecule has 1 spiro atoms. The highest BCUT2D eigenvalue weighted by molar-refractivity contribution is 8.00. The monoisotopic (exact) mass is 322 g/mol. The third-order valence-electron chi connectivity index (χ3n) is 4.41. The van der Waals surface area contributed by atoms with Crippen LogP contribution < -0.4 is 0 Å². The van der Waals surface area contributed by atoms with E-state index in [1.807, 2.05) is 34.2 Å². The zero-order valence-corrected chi connectivity index (χ0v) is 13.4. The molecule has 1 amide bonds. The van der Waals surface area contributed by atoms with Crippen LogP contribution in [-0.4, -0.2) is 52.6 Å². The molecule has 4 rings (SSSR count). The first-order valence-corrected chi connectivity index (χ1v) is 9.20. The Morgan fingerprint density at radius 2 is 2.24 bits per heavy atom. The van der Waals surface area contributed by atoms with Gasteiger partial charge in [-0.3, -0.25) is 4.79 Å². The minimum Gasteiger partial charge on any atom is -0.381 e. The summed E-state index contributed by atoms with van der Waals surface area (Å²) in [5.74, 6) is 1.17. The molecule has 0 saturated carbocycles. The fourth-order valence-electron chi connectivity index (χ4n) is 3.20. The van der Waals surface area contributed by atoms with Crippen LogP contribution in [0.1, 0.15) is 23.3 Å². The number of H-pyrrole nitrogens is 1. The highest BCUT2D eigenvalue weighted by Crippen LogP contribution is 2.39. The van der Waals surface area contributed by atoms with Crippen LogP contribution in [-0.2, 0) is 4.74 Å². The third kappa shape index (κ3) is 2.49. The first kappa shape index (κ1) is 13.7. The van der Waals surface area contributed by atoms with Crippen molar-refractivity contribution in [3.63, 3.8) is 0 Å². The molecule has 112 valence electrons. The first-order chi connectivity index (χ1) is 10.3. The van der Waals surface area contributed by atoms with Gasteiger partial charge in [-0.05, 0) is 30.4 Å². The summed E-state index contributed by atoms with van der Waals surface area (Å²) in [4.78, 5) is 18.0. The maximum absolute atomic E-state index is 12.8. The van der Waals surface area contributed by atoms with Crippen LogP contribution in [0.5, 0.6) is 0 Å². The van der Waals surface area contributed by atoms with Gasteiger partial charge in [0.25, 0.3) is 5.91 Å². The third-order valence-corrected chi connectivity index (χ3v) is 6.81. The molecule has 2 aromatic rings. The number of amides is 1. The van der Waals surface area contributed by atoms with Crippen molar-refractivity contribution in [2.24, 2.45) is 0 Å². The van der Waals surface area contributed by atoms with Crippen molar-refractivity contribution in [1.82, 2.24) is 9.88 Å². The van der Waals surface area contributed by atoms with Gasteiger partial charge in [-0.25, -0.2) is 0 Å². The van der Waals surface area contributed by atoms with E-state index in [1.165, 1.54) is 0 Å². The van der Waals surface area contributed by atoms with Crippen molar-refractivity contribution in [1.29, 1.82) is 0 Å². The number of carbonyl (C=O) groups is 1. The van der Waals surface area contributed by atoms with Crippen molar-refractivity contribution in [2.45, 2.75) is 17.6 Å². The predicted octanol–water partition coefficient (Wildman–Crippen LogP) is 2.97. The van der Waals surface area contributed by atoms with Gasteiger partial charge in [0.1, 0.15) is 5.69 Å². The van der Waals surface area contributed by atoms with Gasteiger partial charge >= 0.3 is 0 Å². The molecule has 4 nitrogen and oxygen atoms in total. The molecule has 6 heteroatoms. The number of hydrogen-bond donors (Lipinski definition) is 1.